The molecule has 0 radical (unpaired) electrons. The van der Waals surface area contributed by atoms with Crippen LogP contribution in [-0.4, -0.2) is 11.5 Å². The summed E-state index contributed by atoms with van der Waals surface area (Å²) in [5, 5.41) is 20.6. The molecule has 0 unspecified atom stereocenters. The lowest BCUT2D eigenvalue weighted by Crippen LogP contribution is -1.95. The number of nitriles is 2. The summed E-state index contributed by atoms with van der Waals surface area (Å²) in [5.41, 5.74) is 3.21. The van der Waals surface area contributed by atoms with Crippen molar-refractivity contribution >= 4 is 23.2 Å². The van der Waals surface area contributed by atoms with Crippen LogP contribution >= 0.6 is 11.8 Å². The van der Waals surface area contributed by atoms with Gasteiger partial charge in [-0.2, -0.15) is 15.6 Å². The van der Waals surface area contributed by atoms with E-state index < -0.39 is 0 Å². The highest BCUT2D eigenvalue weighted by Crippen LogP contribution is 2.19. The third-order valence-electron chi connectivity index (χ3n) is 1.67. The minimum Gasteiger partial charge on any atom is -0.277 e. The van der Waals surface area contributed by atoms with Crippen LogP contribution in [-0.2, 0) is 0 Å². The zero-order valence-electron chi connectivity index (χ0n) is 8.77. The standard InChI is InChI=1S/C11H10N4S/c1-2-16-11-5-3-9(4-6-11)14-15-10(7-12)8-13/h3-6,14H,2H2,1H3. The number of hydrogen-bond donors (Lipinski definition) is 1. The highest BCUT2D eigenvalue weighted by molar-refractivity contribution is 7.99. The molecular weight excluding hydrogens is 220 g/mol. The van der Waals surface area contributed by atoms with Gasteiger partial charge in [0.05, 0.1) is 5.69 Å². The molecule has 5 heteroatoms. The summed E-state index contributed by atoms with van der Waals surface area (Å²) in [7, 11) is 0. The fraction of sp³-hybridized carbons (Fsp3) is 0.182. The van der Waals surface area contributed by atoms with E-state index in [2.05, 4.69) is 17.5 Å². The largest absolute Gasteiger partial charge is 0.277 e. The van der Waals surface area contributed by atoms with Crippen molar-refractivity contribution in [1.29, 1.82) is 10.5 Å². The summed E-state index contributed by atoms with van der Waals surface area (Å²) in [6, 6.07) is 11.0. The molecular formula is C11H10N4S. The van der Waals surface area contributed by atoms with Gasteiger partial charge in [0.15, 0.2) is 0 Å². The van der Waals surface area contributed by atoms with Gasteiger partial charge < -0.3 is 0 Å². The highest BCUT2D eigenvalue weighted by atomic mass is 32.2. The van der Waals surface area contributed by atoms with Gasteiger partial charge in [-0.05, 0) is 30.0 Å². The maximum Gasteiger partial charge on any atom is 0.237 e. The van der Waals surface area contributed by atoms with Gasteiger partial charge in [0.25, 0.3) is 0 Å². The van der Waals surface area contributed by atoms with Crippen molar-refractivity contribution in [1.82, 2.24) is 0 Å². The SMILES string of the molecule is CCSc1ccc(NN=C(C#N)C#N)cc1. The first-order valence-corrected chi connectivity index (χ1v) is 5.65. The van der Waals surface area contributed by atoms with Crippen molar-refractivity contribution in [3.05, 3.63) is 24.3 Å². The van der Waals surface area contributed by atoms with Gasteiger partial charge in [0, 0.05) is 4.90 Å². The summed E-state index contributed by atoms with van der Waals surface area (Å²) < 4.78 is 0. The Labute approximate surface area is 98.6 Å². The lowest BCUT2D eigenvalue weighted by Gasteiger charge is -2.01. The summed E-state index contributed by atoms with van der Waals surface area (Å²) >= 11 is 1.75. The molecule has 0 saturated carbocycles. The molecule has 1 rings (SSSR count). The fourth-order valence-corrected chi connectivity index (χ4v) is 1.65. The molecule has 0 aliphatic rings. The third kappa shape index (κ3) is 3.64. The molecule has 0 atom stereocenters. The molecule has 4 nitrogen and oxygen atoms in total. The second-order valence-corrected chi connectivity index (χ2v) is 4.09. The van der Waals surface area contributed by atoms with E-state index in [1.165, 1.54) is 4.90 Å². The van der Waals surface area contributed by atoms with Crippen molar-refractivity contribution in [2.24, 2.45) is 5.10 Å². The third-order valence-corrected chi connectivity index (χ3v) is 2.57. The highest BCUT2D eigenvalue weighted by Gasteiger charge is 1.95. The molecule has 0 amide bonds. The van der Waals surface area contributed by atoms with E-state index >= 15 is 0 Å². The van der Waals surface area contributed by atoms with Gasteiger partial charge in [0.2, 0.25) is 5.71 Å². The van der Waals surface area contributed by atoms with E-state index in [1.807, 2.05) is 24.3 Å². The maximum absolute atomic E-state index is 8.47. The van der Waals surface area contributed by atoms with Crippen LogP contribution in [0.15, 0.2) is 34.3 Å². The first kappa shape index (κ1) is 12.1. The van der Waals surface area contributed by atoms with Crippen molar-refractivity contribution in [3.63, 3.8) is 0 Å². The van der Waals surface area contributed by atoms with E-state index in [1.54, 1.807) is 23.9 Å². The summed E-state index contributed by atoms with van der Waals surface area (Å²) in [6.45, 7) is 2.09. The maximum atomic E-state index is 8.47. The predicted molar refractivity (Wildman–Crippen MR) is 65.1 cm³/mol. The number of hydrazone groups is 1. The second-order valence-electron chi connectivity index (χ2n) is 2.75. The van der Waals surface area contributed by atoms with Gasteiger partial charge in [-0.1, -0.05) is 6.92 Å². The summed E-state index contributed by atoms with van der Waals surface area (Å²) in [5.74, 6) is 1.03. The molecule has 0 aromatic heterocycles. The van der Waals surface area contributed by atoms with Gasteiger partial charge in [-0.25, -0.2) is 0 Å². The molecule has 1 N–H and O–H groups in total. The first-order valence-electron chi connectivity index (χ1n) is 4.67. The molecule has 16 heavy (non-hydrogen) atoms. The van der Waals surface area contributed by atoms with Crippen molar-refractivity contribution in [2.45, 2.75) is 11.8 Å². The average Bonchev–Trinajstić information content (AvgIpc) is 2.33. The van der Waals surface area contributed by atoms with E-state index in [0.717, 1.165) is 11.4 Å². The number of nitrogens with zero attached hydrogens (tertiary/aromatic N) is 3. The normalized spacial score (nSPS) is 8.69. The summed E-state index contributed by atoms with van der Waals surface area (Å²) in [6.07, 6.45) is 0. The molecule has 0 bridgehead atoms. The number of anilines is 1. The number of nitrogens with one attached hydrogen (secondary N) is 1. The van der Waals surface area contributed by atoms with E-state index in [4.69, 9.17) is 10.5 Å². The van der Waals surface area contributed by atoms with E-state index in [0.29, 0.717) is 0 Å². The lowest BCUT2D eigenvalue weighted by molar-refractivity contribution is 1.32. The zero-order valence-corrected chi connectivity index (χ0v) is 9.58. The van der Waals surface area contributed by atoms with Gasteiger partial charge in [0.1, 0.15) is 12.1 Å². The van der Waals surface area contributed by atoms with Crippen LogP contribution in [0.1, 0.15) is 6.92 Å². The van der Waals surface area contributed by atoms with Crippen molar-refractivity contribution in [2.75, 3.05) is 11.2 Å². The van der Waals surface area contributed by atoms with E-state index in [9.17, 15) is 0 Å². The molecule has 0 aliphatic carbocycles. The molecule has 1 aromatic rings. The molecule has 0 saturated heterocycles. The second kappa shape index (κ2) is 6.49. The van der Waals surface area contributed by atoms with Gasteiger partial charge in [-0.15, -0.1) is 11.8 Å². The molecule has 0 aliphatic heterocycles. The van der Waals surface area contributed by atoms with Crippen LogP contribution in [0.5, 0.6) is 0 Å². The molecule has 1 aromatic carbocycles. The fourth-order valence-electron chi connectivity index (χ4n) is 0.988. The van der Waals surface area contributed by atoms with Crippen LogP contribution in [0.4, 0.5) is 5.69 Å². The molecule has 80 valence electrons. The molecule has 0 spiro atoms. The first-order chi connectivity index (χ1) is 7.80. The van der Waals surface area contributed by atoms with Crippen LogP contribution < -0.4 is 5.43 Å². The Balaban J connectivity index is 2.67. The predicted octanol–water partition coefficient (Wildman–Crippen LogP) is 2.61. The lowest BCUT2D eigenvalue weighted by atomic mass is 10.3. The van der Waals surface area contributed by atoms with Crippen molar-refractivity contribution < 1.29 is 0 Å². The Morgan fingerprint density at radius 1 is 1.31 bits per heavy atom. The quantitative estimate of drug-likeness (QED) is 0.490. The number of thioether (sulfide) groups is 1. The number of benzene rings is 1. The van der Waals surface area contributed by atoms with E-state index in [-0.39, 0.29) is 5.71 Å². The zero-order chi connectivity index (χ0) is 11.8. The molecule has 0 heterocycles. The summed E-state index contributed by atoms with van der Waals surface area (Å²) in [4.78, 5) is 1.18. The average molecular weight is 230 g/mol. The Kier molecular flexibility index (Phi) is 4.91. The molecule has 0 fully saturated rings. The van der Waals surface area contributed by atoms with Crippen LogP contribution in [0.25, 0.3) is 0 Å². The topological polar surface area (TPSA) is 72.0 Å². The van der Waals surface area contributed by atoms with Crippen LogP contribution in [0.2, 0.25) is 0 Å². The Hall–Kier alpha value is -1.98. The Bertz CT molecular complexity index is 434. The van der Waals surface area contributed by atoms with Crippen LogP contribution in [0, 0.1) is 22.7 Å². The number of rotatable bonds is 4. The Morgan fingerprint density at radius 3 is 2.44 bits per heavy atom. The van der Waals surface area contributed by atoms with Crippen LogP contribution in [0.3, 0.4) is 0 Å². The van der Waals surface area contributed by atoms with Gasteiger partial charge >= 0.3 is 0 Å². The minimum atomic E-state index is -0.188. The Morgan fingerprint density at radius 2 is 1.94 bits per heavy atom. The number of hydrogen-bond acceptors (Lipinski definition) is 5. The van der Waals surface area contributed by atoms with Crippen molar-refractivity contribution in [3.8, 4) is 12.1 Å². The minimum absolute atomic E-state index is 0.188. The van der Waals surface area contributed by atoms with Gasteiger partial charge in [-0.3, -0.25) is 5.43 Å². The smallest absolute Gasteiger partial charge is 0.237 e. The monoisotopic (exact) mass is 230 g/mol.